The van der Waals surface area contributed by atoms with Crippen LogP contribution in [0.4, 0.5) is 0 Å². The lowest BCUT2D eigenvalue weighted by atomic mass is 10.1. The molecule has 0 bridgehead atoms. The van der Waals surface area contributed by atoms with E-state index in [0.717, 1.165) is 0 Å². The van der Waals surface area contributed by atoms with E-state index in [9.17, 15) is 9.59 Å². The first kappa shape index (κ1) is 10.5. The molecule has 0 heterocycles. The number of nitrogens with one attached hydrogen (secondary N) is 1. The van der Waals surface area contributed by atoms with Gasteiger partial charge in [-0.15, -0.1) is 6.42 Å². The van der Waals surface area contributed by atoms with E-state index in [2.05, 4.69) is 5.32 Å². The van der Waals surface area contributed by atoms with Gasteiger partial charge in [0, 0.05) is 6.04 Å². The van der Waals surface area contributed by atoms with Gasteiger partial charge in [0.15, 0.2) is 0 Å². The van der Waals surface area contributed by atoms with Crippen LogP contribution in [0, 0.1) is 12.3 Å². The standard InChI is InChI=1S/C8H11NO3/c1-3-6(5-8(11)12)9-7(10)4-2/h2,6H,3,5H2,1H3,(H,9,10)(H,11,12). The summed E-state index contributed by atoms with van der Waals surface area (Å²) < 4.78 is 0. The summed E-state index contributed by atoms with van der Waals surface area (Å²) in [7, 11) is 0. The van der Waals surface area contributed by atoms with Gasteiger partial charge in [0.05, 0.1) is 6.42 Å². The molecule has 0 aliphatic rings. The third-order valence-electron chi connectivity index (χ3n) is 1.38. The number of terminal acetylenes is 1. The first-order chi connectivity index (χ1) is 5.60. The number of hydrogen-bond acceptors (Lipinski definition) is 2. The predicted molar refractivity (Wildman–Crippen MR) is 43.3 cm³/mol. The Morgan fingerprint density at radius 3 is 2.58 bits per heavy atom. The summed E-state index contributed by atoms with van der Waals surface area (Å²) in [5.41, 5.74) is 0. The van der Waals surface area contributed by atoms with Crippen LogP contribution in [0.2, 0.25) is 0 Å². The van der Waals surface area contributed by atoms with E-state index in [-0.39, 0.29) is 12.5 Å². The van der Waals surface area contributed by atoms with Crippen LogP contribution in [-0.2, 0) is 9.59 Å². The zero-order valence-electron chi connectivity index (χ0n) is 6.83. The minimum atomic E-state index is -0.945. The molecule has 1 atom stereocenters. The van der Waals surface area contributed by atoms with Gasteiger partial charge in [0.2, 0.25) is 0 Å². The highest BCUT2D eigenvalue weighted by Crippen LogP contribution is 1.96. The highest BCUT2D eigenvalue weighted by Gasteiger charge is 2.11. The zero-order chi connectivity index (χ0) is 9.56. The van der Waals surface area contributed by atoms with Crippen molar-refractivity contribution in [1.29, 1.82) is 0 Å². The molecule has 4 nitrogen and oxygen atoms in total. The van der Waals surface area contributed by atoms with Crippen LogP contribution in [0.1, 0.15) is 19.8 Å². The van der Waals surface area contributed by atoms with Gasteiger partial charge in [0.25, 0.3) is 5.91 Å². The Kier molecular flexibility index (Phi) is 4.54. The zero-order valence-corrected chi connectivity index (χ0v) is 6.83. The lowest BCUT2D eigenvalue weighted by Gasteiger charge is -2.11. The van der Waals surface area contributed by atoms with Crippen LogP contribution >= 0.6 is 0 Å². The van der Waals surface area contributed by atoms with E-state index < -0.39 is 11.9 Å². The Labute approximate surface area is 71.0 Å². The fourth-order valence-electron chi connectivity index (χ4n) is 0.735. The molecule has 0 rings (SSSR count). The highest BCUT2D eigenvalue weighted by atomic mass is 16.4. The average molecular weight is 169 g/mol. The number of aliphatic carboxylic acids is 1. The van der Waals surface area contributed by atoms with Crippen LogP contribution < -0.4 is 5.32 Å². The first-order valence-electron chi connectivity index (χ1n) is 3.59. The van der Waals surface area contributed by atoms with E-state index in [1.165, 1.54) is 0 Å². The Morgan fingerprint density at radius 1 is 1.67 bits per heavy atom. The van der Waals surface area contributed by atoms with Gasteiger partial charge in [-0.1, -0.05) is 6.92 Å². The van der Waals surface area contributed by atoms with E-state index in [0.29, 0.717) is 6.42 Å². The van der Waals surface area contributed by atoms with Crippen LogP contribution in [0.25, 0.3) is 0 Å². The third kappa shape index (κ3) is 4.34. The summed E-state index contributed by atoms with van der Waals surface area (Å²) in [5, 5.41) is 10.8. The molecule has 0 radical (unpaired) electrons. The van der Waals surface area contributed by atoms with Gasteiger partial charge in [-0.2, -0.15) is 0 Å². The largest absolute Gasteiger partial charge is 0.481 e. The van der Waals surface area contributed by atoms with Crippen molar-refractivity contribution < 1.29 is 14.7 Å². The van der Waals surface area contributed by atoms with Crippen molar-refractivity contribution >= 4 is 11.9 Å². The normalized spacial score (nSPS) is 11.3. The smallest absolute Gasteiger partial charge is 0.305 e. The molecule has 0 saturated heterocycles. The summed E-state index contributed by atoms with van der Waals surface area (Å²) in [6.45, 7) is 1.78. The van der Waals surface area contributed by atoms with E-state index in [1.54, 1.807) is 6.92 Å². The Hall–Kier alpha value is -1.50. The highest BCUT2D eigenvalue weighted by molar-refractivity contribution is 5.93. The molecular formula is C8H11NO3. The molecule has 0 aliphatic carbocycles. The van der Waals surface area contributed by atoms with Gasteiger partial charge >= 0.3 is 5.97 Å². The van der Waals surface area contributed by atoms with Gasteiger partial charge in [-0.25, -0.2) is 0 Å². The molecule has 4 heteroatoms. The number of amides is 1. The van der Waals surface area contributed by atoms with Gasteiger partial charge in [-0.3, -0.25) is 9.59 Å². The SMILES string of the molecule is C#CC(=O)NC(CC)CC(=O)O. The number of hydrogen-bond donors (Lipinski definition) is 2. The number of carbonyl (C=O) groups is 2. The Bertz CT molecular complexity index is 217. The lowest BCUT2D eigenvalue weighted by Crippen LogP contribution is -2.35. The molecule has 0 aliphatic heterocycles. The Balaban J connectivity index is 3.93. The van der Waals surface area contributed by atoms with Crippen molar-refractivity contribution in [3.8, 4) is 12.3 Å². The summed E-state index contributed by atoms with van der Waals surface area (Å²) in [5.74, 6) is 0.348. The van der Waals surface area contributed by atoms with Crippen LogP contribution in [0.3, 0.4) is 0 Å². The molecule has 2 N–H and O–H groups in total. The number of carboxylic acid groups (broad SMARTS) is 1. The number of carboxylic acids is 1. The maximum Gasteiger partial charge on any atom is 0.305 e. The van der Waals surface area contributed by atoms with Gasteiger partial charge in [0.1, 0.15) is 0 Å². The van der Waals surface area contributed by atoms with Crippen molar-refractivity contribution in [3.63, 3.8) is 0 Å². The van der Waals surface area contributed by atoms with Crippen LogP contribution in [0.15, 0.2) is 0 Å². The summed E-state index contributed by atoms with van der Waals surface area (Å²) in [4.78, 5) is 20.9. The number of rotatable bonds is 4. The molecule has 1 unspecified atom stereocenters. The molecule has 12 heavy (non-hydrogen) atoms. The minimum Gasteiger partial charge on any atom is -0.481 e. The molecule has 0 fully saturated rings. The topological polar surface area (TPSA) is 66.4 Å². The van der Waals surface area contributed by atoms with E-state index in [1.807, 2.05) is 5.92 Å². The number of carbonyl (C=O) groups excluding carboxylic acids is 1. The fourth-order valence-corrected chi connectivity index (χ4v) is 0.735. The summed E-state index contributed by atoms with van der Waals surface area (Å²) in [6, 6.07) is -0.369. The van der Waals surface area contributed by atoms with Crippen molar-refractivity contribution in [3.05, 3.63) is 0 Å². The Morgan fingerprint density at radius 2 is 2.25 bits per heavy atom. The summed E-state index contributed by atoms with van der Waals surface area (Å²) >= 11 is 0. The third-order valence-corrected chi connectivity index (χ3v) is 1.38. The first-order valence-corrected chi connectivity index (χ1v) is 3.59. The summed E-state index contributed by atoms with van der Waals surface area (Å²) in [6.07, 6.45) is 5.26. The molecule has 0 aromatic carbocycles. The quantitative estimate of drug-likeness (QED) is 0.581. The second kappa shape index (κ2) is 5.19. The molecule has 0 spiro atoms. The van der Waals surface area contributed by atoms with E-state index >= 15 is 0 Å². The second-order valence-electron chi connectivity index (χ2n) is 2.32. The molecule has 0 saturated carbocycles. The van der Waals surface area contributed by atoms with E-state index in [4.69, 9.17) is 11.5 Å². The molecule has 0 aromatic rings. The minimum absolute atomic E-state index is 0.0933. The van der Waals surface area contributed by atoms with Gasteiger partial charge < -0.3 is 10.4 Å². The predicted octanol–water partition coefficient (Wildman–Crippen LogP) is -0.0109. The van der Waals surface area contributed by atoms with Crippen LogP contribution in [0.5, 0.6) is 0 Å². The maximum atomic E-state index is 10.6. The monoisotopic (exact) mass is 169 g/mol. The van der Waals surface area contributed by atoms with Crippen LogP contribution in [-0.4, -0.2) is 23.0 Å². The maximum absolute atomic E-state index is 10.6. The molecule has 0 aromatic heterocycles. The average Bonchev–Trinajstić information content (AvgIpc) is 2.02. The van der Waals surface area contributed by atoms with Crippen molar-refractivity contribution in [1.82, 2.24) is 5.32 Å². The molecular weight excluding hydrogens is 158 g/mol. The fraction of sp³-hybridized carbons (Fsp3) is 0.500. The molecule has 1 amide bonds. The van der Waals surface area contributed by atoms with Gasteiger partial charge in [-0.05, 0) is 12.3 Å². The van der Waals surface area contributed by atoms with Crippen molar-refractivity contribution in [2.45, 2.75) is 25.8 Å². The van der Waals surface area contributed by atoms with Crippen molar-refractivity contribution in [2.24, 2.45) is 0 Å². The van der Waals surface area contributed by atoms with Crippen molar-refractivity contribution in [2.75, 3.05) is 0 Å². The molecule has 66 valence electrons. The second-order valence-corrected chi connectivity index (χ2v) is 2.32. The lowest BCUT2D eigenvalue weighted by molar-refractivity contribution is -0.137.